The van der Waals surface area contributed by atoms with Gasteiger partial charge in [0.2, 0.25) is 6.79 Å². The molecule has 1 saturated carbocycles. The SMILES string of the molecule is CNCCC1(Oc2ccc3c(c2)OCO3)CCC1. The van der Waals surface area contributed by atoms with Crippen molar-refractivity contribution in [3.8, 4) is 17.2 Å². The van der Waals surface area contributed by atoms with Crippen molar-refractivity contribution in [1.82, 2.24) is 5.32 Å². The summed E-state index contributed by atoms with van der Waals surface area (Å²) in [5, 5.41) is 3.19. The van der Waals surface area contributed by atoms with Crippen molar-refractivity contribution in [3.63, 3.8) is 0 Å². The van der Waals surface area contributed by atoms with E-state index in [0.29, 0.717) is 6.79 Å². The summed E-state index contributed by atoms with van der Waals surface area (Å²) in [6, 6.07) is 5.82. The zero-order valence-corrected chi connectivity index (χ0v) is 10.7. The fraction of sp³-hybridized carbons (Fsp3) is 0.571. The number of benzene rings is 1. The molecule has 0 amide bonds. The topological polar surface area (TPSA) is 39.7 Å². The predicted octanol–water partition coefficient (Wildman–Crippen LogP) is 2.33. The van der Waals surface area contributed by atoms with Gasteiger partial charge in [-0.1, -0.05) is 0 Å². The smallest absolute Gasteiger partial charge is 0.231 e. The second-order valence-electron chi connectivity index (χ2n) is 5.01. The number of fused-ring (bicyclic) bond motifs is 1. The first-order valence-corrected chi connectivity index (χ1v) is 6.55. The van der Waals surface area contributed by atoms with Gasteiger partial charge in [-0.05, 0) is 51.4 Å². The van der Waals surface area contributed by atoms with Gasteiger partial charge >= 0.3 is 0 Å². The van der Waals surface area contributed by atoms with Crippen LogP contribution in [0.25, 0.3) is 0 Å². The third-order valence-corrected chi connectivity index (χ3v) is 3.77. The Morgan fingerprint density at radius 3 is 2.83 bits per heavy atom. The Hall–Kier alpha value is -1.42. The molecule has 4 heteroatoms. The third-order valence-electron chi connectivity index (χ3n) is 3.77. The fourth-order valence-electron chi connectivity index (χ4n) is 2.52. The molecule has 0 radical (unpaired) electrons. The summed E-state index contributed by atoms with van der Waals surface area (Å²) in [4.78, 5) is 0. The second kappa shape index (κ2) is 4.69. The molecule has 0 spiro atoms. The summed E-state index contributed by atoms with van der Waals surface area (Å²) in [7, 11) is 1.98. The van der Waals surface area contributed by atoms with E-state index in [2.05, 4.69) is 5.32 Å². The summed E-state index contributed by atoms with van der Waals surface area (Å²) in [5.41, 5.74) is 0.0245. The van der Waals surface area contributed by atoms with Gasteiger partial charge in [0, 0.05) is 6.07 Å². The number of hydrogen-bond donors (Lipinski definition) is 1. The van der Waals surface area contributed by atoms with Gasteiger partial charge in [-0.2, -0.15) is 0 Å². The van der Waals surface area contributed by atoms with Gasteiger partial charge < -0.3 is 19.5 Å². The van der Waals surface area contributed by atoms with Crippen molar-refractivity contribution in [2.24, 2.45) is 0 Å². The fourth-order valence-corrected chi connectivity index (χ4v) is 2.52. The van der Waals surface area contributed by atoms with E-state index in [0.717, 1.165) is 43.1 Å². The molecule has 0 unspecified atom stereocenters. The van der Waals surface area contributed by atoms with Crippen LogP contribution in [0.2, 0.25) is 0 Å². The lowest BCUT2D eigenvalue weighted by molar-refractivity contribution is -0.0139. The minimum Gasteiger partial charge on any atom is -0.487 e. The zero-order chi connectivity index (χ0) is 12.4. The van der Waals surface area contributed by atoms with E-state index < -0.39 is 0 Å². The molecule has 1 aromatic rings. The van der Waals surface area contributed by atoms with Crippen molar-refractivity contribution in [2.75, 3.05) is 20.4 Å². The normalized spacial score (nSPS) is 19.4. The van der Waals surface area contributed by atoms with Crippen LogP contribution in [-0.4, -0.2) is 26.0 Å². The van der Waals surface area contributed by atoms with Crippen molar-refractivity contribution in [1.29, 1.82) is 0 Å². The van der Waals surface area contributed by atoms with Crippen LogP contribution in [0.15, 0.2) is 18.2 Å². The van der Waals surface area contributed by atoms with E-state index in [-0.39, 0.29) is 5.60 Å². The molecule has 1 aliphatic heterocycles. The number of nitrogens with one attached hydrogen (secondary N) is 1. The van der Waals surface area contributed by atoms with Gasteiger partial charge in [-0.3, -0.25) is 0 Å². The van der Waals surface area contributed by atoms with Gasteiger partial charge in [0.05, 0.1) is 0 Å². The molecule has 3 rings (SSSR count). The maximum Gasteiger partial charge on any atom is 0.231 e. The van der Waals surface area contributed by atoms with Crippen molar-refractivity contribution in [3.05, 3.63) is 18.2 Å². The number of rotatable bonds is 5. The molecule has 0 bridgehead atoms. The van der Waals surface area contributed by atoms with Gasteiger partial charge in [0.1, 0.15) is 11.4 Å². The number of ether oxygens (including phenoxy) is 3. The summed E-state index contributed by atoms with van der Waals surface area (Å²) in [6.07, 6.45) is 4.60. The Balaban J connectivity index is 1.71. The Morgan fingerprint density at radius 1 is 1.28 bits per heavy atom. The highest BCUT2D eigenvalue weighted by molar-refractivity contribution is 5.47. The average Bonchev–Trinajstić information content (AvgIpc) is 2.79. The van der Waals surface area contributed by atoms with Gasteiger partial charge in [0.15, 0.2) is 11.5 Å². The van der Waals surface area contributed by atoms with Crippen LogP contribution in [-0.2, 0) is 0 Å². The largest absolute Gasteiger partial charge is 0.487 e. The highest BCUT2D eigenvalue weighted by Gasteiger charge is 2.38. The van der Waals surface area contributed by atoms with Crippen LogP contribution in [0.4, 0.5) is 0 Å². The second-order valence-corrected chi connectivity index (χ2v) is 5.01. The summed E-state index contributed by atoms with van der Waals surface area (Å²) >= 11 is 0. The van der Waals surface area contributed by atoms with E-state index in [9.17, 15) is 0 Å². The lowest BCUT2D eigenvalue weighted by Crippen LogP contribution is -2.45. The Labute approximate surface area is 107 Å². The molecule has 2 aliphatic rings. The maximum atomic E-state index is 6.19. The lowest BCUT2D eigenvalue weighted by Gasteiger charge is -2.42. The molecule has 1 aromatic carbocycles. The van der Waals surface area contributed by atoms with Crippen LogP contribution >= 0.6 is 0 Å². The molecular weight excluding hydrogens is 230 g/mol. The zero-order valence-electron chi connectivity index (χ0n) is 10.7. The molecule has 4 nitrogen and oxygen atoms in total. The van der Waals surface area contributed by atoms with Crippen LogP contribution in [0, 0.1) is 0 Å². The van der Waals surface area contributed by atoms with Crippen molar-refractivity contribution in [2.45, 2.75) is 31.3 Å². The molecule has 1 heterocycles. The molecule has 0 atom stereocenters. The molecule has 0 saturated heterocycles. The number of hydrogen-bond acceptors (Lipinski definition) is 4. The molecule has 1 fully saturated rings. The van der Waals surface area contributed by atoms with E-state index in [1.165, 1.54) is 6.42 Å². The Kier molecular flexibility index (Phi) is 3.04. The summed E-state index contributed by atoms with van der Waals surface area (Å²) in [5.74, 6) is 2.48. The first-order valence-electron chi connectivity index (χ1n) is 6.55. The monoisotopic (exact) mass is 249 g/mol. The molecule has 98 valence electrons. The van der Waals surface area contributed by atoms with Crippen LogP contribution in [0.1, 0.15) is 25.7 Å². The Bertz CT molecular complexity index is 429. The summed E-state index contributed by atoms with van der Waals surface area (Å²) in [6.45, 7) is 1.30. The minimum absolute atomic E-state index is 0.0245. The average molecular weight is 249 g/mol. The molecular formula is C14H19NO3. The standard InChI is InChI=1S/C14H19NO3/c1-15-8-7-14(5-2-6-14)18-11-3-4-12-13(9-11)17-10-16-12/h3-4,9,15H,2,5-8,10H2,1H3. The first-order chi connectivity index (χ1) is 8.81. The van der Waals surface area contributed by atoms with E-state index >= 15 is 0 Å². The molecule has 1 N–H and O–H groups in total. The first kappa shape index (κ1) is 11.7. The quantitative estimate of drug-likeness (QED) is 0.869. The van der Waals surface area contributed by atoms with E-state index in [4.69, 9.17) is 14.2 Å². The lowest BCUT2D eigenvalue weighted by atomic mass is 9.77. The molecule has 1 aliphatic carbocycles. The van der Waals surface area contributed by atoms with Gasteiger partial charge in [-0.25, -0.2) is 0 Å². The van der Waals surface area contributed by atoms with Crippen LogP contribution < -0.4 is 19.5 Å². The van der Waals surface area contributed by atoms with Crippen molar-refractivity contribution < 1.29 is 14.2 Å². The van der Waals surface area contributed by atoms with Gasteiger partial charge in [0.25, 0.3) is 0 Å². The maximum absolute atomic E-state index is 6.19. The van der Waals surface area contributed by atoms with Crippen LogP contribution in [0.3, 0.4) is 0 Å². The molecule has 18 heavy (non-hydrogen) atoms. The highest BCUT2D eigenvalue weighted by Crippen LogP contribution is 2.42. The van der Waals surface area contributed by atoms with E-state index in [1.807, 2.05) is 25.2 Å². The van der Waals surface area contributed by atoms with Crippen molar-refractivity contribution >= 4 is 0 Å². The van der Waals surface area contributed by atoms with Crippen LogP contribution in [0.5, 0.6) is 17.2 Å². The predicted molar refractivity (Wildman–Crippen MR) is 68.3 cm³/mol. The minimum atomic E-state index is 0.0245. The van der Waals surface area contributed by atoms with Gasteiger partial charge in [-0.15, -0.1) is 0 Å². The highest BCUT2D eigenvalue weighted by atomic mass is 16.7. The molecule has 0 aromatic heterocycles. The third kappa shape index (κ3) is 2.12. The van der Waals surface area contributed by atoms with E-state index in [1.54, 1.807) is 0 Å². The summed E-state index contributed by atoms with van der Waals surface area (Å²) < 4.78 is 16.9. The Morgan fingerprint density at radius 2 is 2.11 bits per heavy atom.